The van der Waals surface area contributed by atoms with Crippen molar-refractivity contribution < 1.29 is 12.8 Å². The molecule has 2 aromatic rings. The molecule has 0 radical (unpaired) electrons. The van der Waals surface area contributed by atoms with Gasteiger partial charge in [-0.25, -0.2) is 8.42 Å². The molecule has 0 aliphatic heterocycles. The summed E-state index contributed by atoms with van der Waals surface area (Å²) in [4.78, 5) is 0.139. The smallest absolute Gasteiger partial charge is 0.265 e. The molecule has 0 aliphatic rings. The third-order valence-electron chi connectivity index (χ3n) is 2.74. The molecule has 21 heavy (non-hydrogen) atoms. The van der Waals surface area contributed by atoms with Crippen molar-refractivity contribution in [2.24, 2.45) is 0 Å². The largest absolute Gasteiger partial charge is 0.464 e. The molecule has 0 spiro atoms. The molecule has 114 valence electrons. The third kappa shape index (κ3) is 3.88. The van der Waals surface area contributed by atoms with Crippen LogP contribution in [-0.2, 0) is 16.6 Å². The molecule has 1 heterocycles. The molecule has 2 N–H and O–H groups in total. The first-order chi connectivity index (χ1) is 9.83. The van der Waals surface area contributed by atoms with Crippen LogP contribution in [0.1, 0.15) is 11.5 Å². The summed E-state index contributed by atoms with van der Waals surface area (Å²) in [5, 5.41) is 2.92. The molecule has 0 saturated heterocycles. The molecule has 2 rings (SSSR count). The third-order valence-corrected chi connectivity index (χ3v) is 5.39. The SMILES string of the molecule is CNCc1cc(S(=O)(=O)Nc2cc(Br)ccc2Br)c(C)o1. The van der Waals surface area contributed by atoms with E-state index in [0.717, 1.165) is 4.47 Å². The van der Waals surface area contributed by atoms with Crippen molar-refractivity contribution in [3.8, 4) is 0 Å². The van der Waals surface area contributed by atoms with E-state index in [1.54, 1.807) is 26.1 Å². The van der Waals surface area contributed by atoms with Crippen molar-refractivity contribution in [1.29, 1.82) is 0 Å². The van der Waals surface area contributed by atoms with Crippen LogP contribution in [0.4, 0.5) is 5.69 Å². The summed E-state index contributed by atoms with van der Waals surface area (Å²) < 4.78 is 34.4. The van der Waals surface area contributed by atoms with Crippen molar-refractivity contribution in [2.45, 2.75) is 18.4 Å². The molecule has 1 aromatic carbocycles. The van der Waals surface area contributed by atoms with Crippen LogP contribution < -0.4 is 10.0 Å². The van der Waals surface area contributed by atoms with Crippen LogP contribution in [0, 0.1) is 6.92 Å². The summed E-state index contributed by atoms with van der Waals surface area (Å²) in [7, 11) is -1.94. The lowest BCUT2D eigenvalue weighted by Gasteiger charge is -2.09. The molecule has 0 unspecified atom stereocenters. The average molecular weight is 438 g/mol. The van der Waals surface area contributed by atoms with E-state index in [0.29, 0.717) is 28.2 Å². The van der Waals surface area contributed by atoms with Gasteiger partial charge < -0.3 is 9.73 Å². The van der Waals surface area contributed by atoms with E-state index in [9.17, 15) is 8.42 Å². The molecular formula is C13H14Br2N2O3S. The van der Waals surface area contributed by atoms with Crippen LogP contribution in [0.5, 0.6) is 0 Å². The maximum atomic E-state index is 12.5. The first-order valence-corrected chi connectivity index (χ1v) is 9.12. The lowest BCUT2D eigenvalue weighted by molar-refractivity contribution is 0.466. The van der Waals surface area contributed by atoms with Crippen LogP contribution in [0.3, 0.4) is 0 Å². The number of halogens is 2. The highest BCUT2D eigenvalue weighted by Gasteiger charge is 2.22. The van der Waals surface area contributed by atoms with Crippen molar-refractivity contribution in [3.63, 3.8) is 0 Å². The Morgan fingerprint density at radius 1 is 1.24 bits per heavy atom. The highest BCUT2D eigenvalue weighted by Crippen LogP contribution is 2.29. The fraction of sp³-hybridized carbons (Fsp3) is 0.231. The van der Waals surface area contributed by atoms with E-state index >= 15 is 0 Å². The fourth-order valence-corrected chi connectivity index (χ4v) is 3.94. The zero-order valence-corrected chi connectivity index (χ0v) is 15.4. The normalized spacial score (nSPS) is 11.6. The Labute approximate surface area is 140 Å². The lowest BCUT2D eigenvalue weighted by Crippen LogP contribution is -2.13. The van der Waals surface area contributed by atoms with Crippen molar-refractivity contribution in [1.82, 2.24) is 5.32 Å². The molecule has 0 atom stereocenters. The van der Waals surface area contributed by atoms with Gasteiger partial charge in [0.05, 0.1) is 12.2 Å². The van der Waals surface area contributed by atoms with Gasteiger partial charge >= 0.3 is 0 Å². The Morgan fingerprint density at radius 2 is 1.95 bits per heavy atom. The van der Waals surface area contributed by atoms with Crippen molar-refractivity contribution in [3.05, 3.63) is 44.7 Å². The van der Waals surface area contributed by atoms with E-state index in [1.807, 2.05) is 6.07 Å². The van der Waals surface area contributed by atoms with E-state index in [2.05, 4.69) is 41.9 Å². The maximum Gasteiger partial charge on any atom is 0.265 e. The molecule has 5 nitrogen and oxygen atoms in total. The number of furan rings is 1. The van der Waals surface area contributed by atoms with Gasteiger partial charge in [0.2, 0.25) is 0 Å². The minimum absolute atomic E-state index is 0.139. The standard InChI is InChI=1S/C13H14Br2N2O3S/c1-8-13(6-10(20-8)7-16-2)21(18,19)17-12-5-9(14)3-4-11(12)15/h3-6,16-17H,7H2,1-2H3. The molecule has 1 aromatic heterocycles. The van der Waals surface area contributed by atoms with Gasteiger partial charge in [0.25, 0.3) is 10.0 Å². The molecule has 0 amide bonds. The second-order valence-electron chi connectivity index (χ2n) is 4.39. The summed E-state index contributed by atoms with van der Waals surface area (Å²) in [5.41, 5.74) is 0.458. The molecular weight excluding hydrogens is 424 g/mol. The van der Waals surface area contributed by atoms with Gasteiger partial charge in [-0.15, -0.1) is 0 Å². The average Bonchev–Trinajstić information content (AvgIpc) is 2.76. The summed E-state index contributed by atoms with van der Waals surface area (Å²) in [6.07, 6.45) is 0. The maximum absolute atomic E-state index is 12.5. The number of rotatable bonds is 5. The summed E-state index contributed by atoms with van der Waals surface area (Å²) in [5.74, 6) is 0.933. The number of aryl methyl sites for hydroxylation is 1. The van der Waals surface area contributed by atoms with E-state index in [1.165, 1.54) is 6.07 Å². The first kappa shape index (κ1) is 16.5. The van der Waals surface area contributed by atoms with Gasteiger partial charge in [0.1, 0.15) is 16.4 Å². The minimum Gasteiger partial charge on any atom is -0.464 e. The Morgan fingerprint density at radius 3 is 2.62 bits per heavy atom. The zero-order valence-electron chi connectivity index (χ0n) is 11.4. The van der Waals surface area contributed by atoms with Crippen LogP contribution in [-0.4, -0.2) is 15.5 Å². The second-order valence-corrected chi connectivity index (χ2v) is 7.81. The lowest BCUT2D eigenvalue weighted by atomic mass is 10.3. The summed E-state index contributed by atoms with van der Waals surface area (Å²) in [6, 6.07) is 6.79. The van der Waals surface area contributed by atoms with Gasteiger partial charge in [0, 0.05) is 15.0 Å². The van der Waals surface area contributed by atoms with Crippen LogP contribution in [0.15, 0.2) is 42.5 Å². The molecule has 8 heteroatoms. The fourth-order valence-electron chi connectivity index (χ4n) is 1.83. The number of anilines is 1. The number of hydrogen-bond donors (Lipinski definition) is 2. The van der Waals surface area contributed by atoms with Crippen LogP contribution in [0.2, 0.25) is 0 Å². The van der Waals surface area contributed by atoms with Crippen molar-refractivity contribution >= 4 is 47.6 Å². The van der Waals surface area contributed by atoms with Gasteiger partial charge in [0.15, 0.2) is 0 Å². The van der Waals surface area contributed by atoms with Gasteiger partial charge in [-0.05, 0) is 48.1 Å². The Balaban J connectivity index is 2.36. The molecule has 0 aliphatic carbocycles. The number of hydrogen-bond acceptors (Lipinski definition) is 4. The van der Waals surface area contributed by atoms with E-state index < -0.39 is 10.0 Å². The Kier molecular flexibility index (Phi) is 5.13. The summed E-state index contributed by atoms with van der Waals surface area (Å²) in [6.45, 7) is 2.10. The second kappa shape index (κ2) is 6.51. The number of nitrogens with one attached hydrogen (secondary N) is 2. The van der Waals surface area contributed by atoms with E-state index in [-0.39, 0.29) is 4.90 Å². The summed E-state index contributed by atoms with van der Waals surface area (Å²) >= 11 is 6.64. The Bertz CT molecular complexity index is 757. The molecule has 0 bridgehead atoms. The van der Waals surface area contributed by atoms with Crippen LogP contribution in [0.25, 0.3) is 0 Å². The number of benzene rings is 1. The molecule has 0 saturated carbocycles. The van der Waals surface area contributed by atoms with E-state index in [4.69, 9.17) is 4.42 Å². The zero-order chi connectivity index (χ0) is 15.6. The van der Waals surface area contributed by atoms with Crippen LogP contribution >= 0.6 is 31.9 Å². The topological polar surface area (TPSA) is 71.3 Å². The monoisotopic (exact) mass is 436 g/mol. The molecule has 0 fully saturated rings. The van der Waals surface area contributed by atoms with Gasteiger partial charge in [-0.3, -0.25) is 4.72 Å². The number of sulfonamides is 1. The highest BCUT2D eigenvalue weighted by molar-refractivity contribution is 9.11. The highest BCUT2D eigenvalue weighted by atomic mass is 79.9. The van der Waals surface area contributed by atoms with Crippen molar-refractivity contribution in [2.75, 3.05) is 11.8 Å². The van der Waals surface area contributed by atoms with Gasteiger partial charge in [-0.1, -0.05) is 15.9 Å². The minimum atomic E-state index is -3.70. The van der Waals surface area contributed by atoms with Gasteiger partial charge in [-0.2, -0.15) is 0 Å². The predicted molar refractivity (Wildman–Crippen MR) is 88.9 cm³/mol. The Hall–Kier alpha value is -0.830. The quantitative estimate of drug-likeness (QED) is 0.749. The predicted octanol–water partition coefficient (Wildman–Crippen LogP) is 3.63. The first-order valence-electron chi connectivity index (χ1n) is 6.05.